The third-order valence-electron chi connectivity index (χ3n) is 2.96. The number of rotatable bonds is 7. The van der Waals surface area contributed by atoms with Gasteiger partial charge in [0.1, 0.15) is 0 Å². The topological polar surface area (TPSA) is 26.3 Å². The fourth-order valence-corrected chi connectivity index (χ4v) is 1.60. The standard InChI is InChI=1S/C16H22O2/c1-4-14(3)18-16(17)13(2)9-8-12-15-10-6-5-7-11-15/h5-7,10-11,14H,2,4,8-9,12H2,1,3H3. The van der Waals surface area contributed by atoms with E-state index in [-0.39, 0.29) is 12.1 Å². The number of carbonyl (C=O) groups is 1. The lowest BCUT2D eigenvalue weighted by molar-refractivity contribution is -0.143. The molecular weight excluding hydrogens is 224 g/mol. The van der Waals surface area contributed by atoms with Gasteiger partial charge in [0.25, 0.3) is 0 Å². The molecule has 0 spiro atoms. The molecule has 0 radical (unpaired) electrons. The third kappa shape index (κ3) is 5.17. The average Bonchev–Trinajstić information content (AvgIpc) is 2.39. The molecule has 1 aromatic rings. The Kier molecular flexibility index (Phi) is 6.20. The van der Waals surface area contributed by atoms with Crippen LogP contribution in [0.1, 0.15) is 38.7 Å². The van der Waals surface area contributed by atoms with Gasteiger partial charge in [-0.3, -0.25) is 0 Å². The quantitative estimate of drug-likeness (QED) is 0.538. The maximum Gasteiger partial charge on any atom is 0.333 e. The molecule has 0 fully saturated rings. The summed E-state index contributed by atoms with van der Waals surface area (Å²) in [5.74, 6) is -0.252. The predicted molar refractivity (Wildman–Crippen MR) is 74.4 cm³/mol. The summed E-state index contributed by atoms with van der Waals surface area (Å²) in [4.78, 5) is 11.6. The van der Waals surface area contributed by atoms with Crippen LogP contribution in [-0.2, 0) is 16.0 Å². The van der Waals surface area contributed by atoms with E-state index in [0.717, 1.165) is 19.3 Å². The van der Waals surface area contributed by atoms with Gasteiger partial charge in [-0.05, 0) is 38.2 Å². The summed E-state index contributed by atoms with van der Waals surface area (Å²) in [6.45, 7) is 7.69. The van der Waals surface area contributed by atoms with Gasteiger partial charge >= 0.3 is 5.97 Å². The van der Waals surface area contributed by atoms with Gasteiger partial charge in [-0.15, -0.1) is 0 Å². The molecule has 0 saturated carbocycles. The molecular formula is C16H22O2. The van der Waals surface area contributed by atoms with Gasteiger partial charge in [-0.2, -0.15) is 0 Å². The second-order valence-electron chi connectivity index (χ2n) is 4.57. The summed E-state index contributed by atoms with van der Waals surface area (Å²) in [6, 6.07) is 10.3. The van der Waals surface area contributed by atoms with Crippen molar-refractivity contribution in [3.63, 3.8) is 0 Å². The molecule has 0 aliphatic carbocycles. The van der Waals surface area contributed by atoms with E-state index in [4.69, 9.17) is 4.74 Å². The maximum absolute atomic E-state index is 11.6. The highest BCUT2D eigenvalue weighted by atomic mass is 16.5. The Labute approximate surface area is 110 Å². The summed E-state index contributed by atoms with van der Waals surface area (Å²) in [5.41, 5.74) is 1.87. The number of ether oxygens (including phenoxy) is 1. The zero-order chi connectivity index (χ0) is 13.4. The normalized spacial score (nSPS) is 11.9. The van der Waals surface area contributed by atoms with Crippen LogP contribution >= 0.6 is 0 Å². The van der Waals surface area contributed by atoms with Crippen molar-refractivity contribution in [1.82, 2.24) is 0 Å². The smallest absolute Gasteiger partial charge is 0.333 e. The zero-order valence-electron chi connectivity index (χ0n) is 11.3. The first-order valence-electron chi connectivity index (χ1n) is 6.56. The molecule has 18 heavy (non-hydrogen) atoms. The largest absolute Gasteiger partial charge is 0.459 e. The summed E-state index contributed by atoms with van der Waals surface area (Å²) < 4.78 is 5.23. The molecule has 0 aliphatic rings. The van der Waals surface area contributed by atoms with Gasteiger partial charge in [0, 0.05) is 5.57 Å². The van der Waals surface area contributed by atoms with E-state index in [2.05, 4.69) is 18.7 Å². The Balaban J connectivity index is 2.27. The highest BCUT2D eigenvalue weighted by molar-refractivity contribution is 5.87. The zero-order valence-corrected chi connectivity index (χ0v) is 11.3. The van der Waals surface area contributed by atoms with Crippen LogP contribution in [0, 0.1) is 0 Å². The SMILES string of the molecule is C=C(CCCc1ccccc1)C(=O)OC(C)CC. The van der Waals surface area contributed by atoms with E-state index in [1.165, 1.54) is 5.56 Å². The first-order valence-corrected chi connectivity index (χ1v) is 6.56. The molecule has 1 aromatic carbocycles. The third-order valence-corrected chi connectivity index (χ3v) is 2.96. The molecule has 2 heteroatoms. The van der Waals surface area contributed by atoms with Gasteiger partial charge < -0.3 is 4.74 Å². The van der Waals surface area contributed by atoms with Crippen LogP contribution in [0.25, 0.3) is 0 Å². The Hall–Kier alpha value is -1.57. The molecule has 0 saturated heterocycles. The van der Waals surface area contributed by atoms with Crippen molar-refractivity contribution in [2.75, 3.05) is 0 Å². The summed E-state index contributed by atoms with van der Waals surface area (Å²) in [5, 5.41) is 0. The van der Waals surface area contributed by atoms with Crippen LogP contribution in [0.3, 0.4) is 0 Å². The fourth-order valence-electron chi connectivity index (χ4n) is 1.60. The fraction of sp³-hybridized carbons (Fsp3) is 0.438. The molecule has 98 valence electrons. The van der Waals surface area contributed by atoms with Gasteiger partial charge in [-0.25, -0.2) is 4.79 Å². The minimum Gasteiger partial charge on any atom is -0.459 e. The Morgan fingerprint density at radius 1 is 1.33 bits per heavy atom. The van der Waals surface area contributed by atoms with Crippen molar-refractivity contribution >= 4 is 5.97 Å². The van der Waals surface area contributed by atoms with Crippen molar-refractivity contribution in [1.29, 1.82) is 0 Å². The second kappa shape index (κ2) is 7.70. The lowest BCUT2D eigenvalue weighted by Gasteiger charge is -2.12. The van der Waals surface area contributed by atoms with Crippen LogP contribution in [0.15, 0.2) is 42.5 Å². The number of benzene rings is 1. The summed E-state index contributed by atoms with van der Waals surface area (Å²) >= 11 is 0. The minimum atomic E-state index is -0.252. The minimum absolute atomic E-state index is 0.0247. The molecule has 0 N–H and O–H groups in total. The molecule has 0 heterocycles. The van der Waals surface area contributed by atoms with Crippen LogP contribution in [0.5, 0.6) is 0 Å². The lowest BCUT2D eigenvalue weighted by Crippen LogP contribution is -2.15. The average molecular weight is 246 g/mol. The van der Waals surface area contributed by atoms with Gasteiger partial charge in [0.15, 0.2) is 0 Å². The van der Waals surface area contributed by atoms with E-state index in [1.807, 2.05) is 32.0 Å². The molecule has 0 amide bonds. The molecule has 0 bridgehead atoms. The molecule has 1 rings (SSSR count). The van der Waals surface area contributed by atoms with E-state index < -0.39 is 0 Å². The molecule has 0 aromatic heterocycles. The highest BCUT2D eigenvalue weighted by Gasteiger charge is 2.11. The molecule has 1 atom stereocenters. The first-order chi connectivity index (χ1) is 8.63. The summed E-state index contributed by atoms with van der Waals surface area (Å²) in [6.07, 6.45) is 3.41. The molecule has 0 aliphatic heterocycles. The van der Waals surface area contributed by atoms with Crippen LogP contribution in [0.2, 0.25) is 0 Å². The number of carbonyl (C=O) groups excluding carboxylic acids is 1. The number of hydrogen-bond acceptors (Lipinski definition) is 2. The maximum atomic E-state index is 11.6. The Morgan fingerprint density at radius 2 is 2.00 bits per heavy atom. The highest BCUT2D eigenvalue weighted by Crippen LogP contribution is 2.11. The van der Waals surface area contributed by atoms with Crippen molar-refractivity contribution in [2.24, 2.45) is 0 Å². The van der Waals surface area contributed by atoms with Crippen molar-refractivity contribution in [2.45, 2.75) is 45.6 Å². The van der Waals surface area contributed by atoms with Crippen LogP contribution in [0.4, 0.5) is 0 Å². The second-order valence-corrected chi connectivity index (χ2v) is 4.57. The van der Waals surface area contributed by atoms with E-state index in [9.17, 15) is 4.79 Å². The van der Waals surface area contributed by atoms with Crippen molar-refractivity contribution < 1.29 is 9.53 Å². The lowest BCUT2D eigenvalue weighted by atomic mass is 10.1. The van der Waals surface area contributed by atoms with E-state index >= 15 is 0 Å². The summed E-state index contributed by atoms with van der Waals surface area (Å²) in [7, 11) is 0. The van der Waals surface area contributed by atoms with Crippen LogP contribution in [-0.4, -0.2) is 12.1 Å². The van der Waals surface area contributed by atoms with Crippen LogP contribution < -0.4 is 0 Å². The van der Waals surface area contributed by atoms with Crippen molar-refractivity contribution in [3.8, 4) is 0 Å². The number of hydrogen-bond donors (Lipinski definition) is 0. The van der Waals surface area contributed by atoms with E-state index in [0.29, 0.717) is 12.0 Å². The van der Waals surface area contributed by atoms with Crippen molar-refractivity contribution in [3.05, 3.63) is 48.0 Å². The number of aryl methyl sites for hydroxylation is 1. The molecule has 1 unspecified atom stereocenters. The van der Waals surface area contributed by atoms with Gasteiger partial charge in [0.2, 0.25) is 0 Å². The first kappa shape index (κ1) is 14.5. The predicted octanol–water partition coefficient (Wildman–Crippen LogP) is 3.91. The van der Waals surface area contributed by atoms with Gasteiger partial charge in [-0.1, -0.05) is 43.8 Å². The van der Waals surface area contributed by atoms with Gasteiger partial charge in [0.05, 0.1) is 6.10 Å². The number of esters is 1. The Morgan fingerprint density at radius 3 is 2.61 bits per heavy atom. The Bertz CT molecular complexity index is 381. The monoisotopic (exact) mass is 246 g/mol. The molecule has 2 nitrogen and oxygen atoms in total. The van der Waals surface area contributed by atoms with E-state index in [1.54, 1.807) is 0 Å².